The first-order valence-electron chi connectivity index (χ1n) is 9.13. The van der Waals surface area contributed by atoms with Gasteiger partial charge in [0.25, 0.3) is 16.3 Å². The molecule has 0 fully saturated rings. The normalized spacial score (nSPS) is 11.5. The largest absolute Gasteiger partial charge is 0.497 e. The van der Waals surface area contributed by atoms with Gasteiger partial charge in [-0.3, -0.25) is 9.59 Å². The van der Waals surface area contributed by atoms with E-state index in [1.807, 2.05) is 0 Å². The number of ether oxygens (including phenoxy) is 3. The number of carbonyl (C=O) groups excluding carboxylic acids is 2. The van der Waals surface area contributed by atoms with Gasteiger partial charge in [0.15, 0.2) is 0 Å². The van der Waals surface area contributed by atoms with Crippen LogP contribution in [0.3, 0.4) is 0 Å². The number of halogens is 1. The molecule has 8 nitrogen and oxygen atoms in total. The fourth-order valence-corrected chi connectivity index (χ4v) is 5.55. The van der Waals surface area contributed by atoms with Crippen molar-refractivity contribution in [3.05, 3.63) is 59.8 Å². The lowest BCUT2D eigenvalue weighted by Gasteiger charge is -2.18. The maximum absolute atomic E-state index is 13.6. The van der Waals surface area contributed by atoms with Gasteiger partial charge in [0.05, 0.1) is 28.8 Å². The molecular formula is C21H20BrNO7S. The molecular weight excluding hydrogens is 490 g/mol. The van der Waals surface area contributed by atoms with Crippen molar-refractivity contribution in [1.29, 1.82) is 0 Å². The minimum Gasteiger partial charge on any atom is -0.497 e. The monoisotopic (exact) mass is 509 g/mol. The van der Waals surface area contributed by atoms with Crippen LogP contribution >= 0.6 is 15.9 Å². The van der Waals surface area contributed by atoms with Gasteiger partial charge in [0, 0.05) is 24.6 Å². The Balaban J connectivity index is 2.41. The molecule has 0 atom stereocenters. The average molecular weight is 510 g/mol. The Morgan fingerprint density at radius 1 is 1.03 bits per heavy atom. The number of rotatable bonds is 7. The Morgan fingerprint density at radius 3 is 2.16 bits per heavy atom. The van der Waals surface area contributed by atoms with E-state index in [9.17, 15) is 18.0 Å². The fourth-order valence-electron chi connectivity index (χ4n) is 3.25. The molecule has 0 radical (unpaired) electrons. The number of esters is 2. The summed E-state index contributed by atoms with van der Waals surface area (Å²) < 4.78 is 44.1. The first kappa shape index (κ1) is 22.8. The van der Waals surface area contributed by atoms with Gasteiger partial charge in [-0.2, -0.15) is 0 Å². The van der Waals surface area contributed by atoms with E-state index in [2.05, 4.69) is 15.9 Å². The van der Waals surface area contributed by atoms with Crippen LogP contribution in [0.25, 0.3) is 10.9 Å². The number of aromatic nitrogens is 1. The van der Waals surface area contributed by atoms with E-state index in [0.29, 0.717) is 16.7 Å². The standard InChI is InChI=1S/C21H20BrNO7S/c1-13(24)29-21(30-14(2)25)20-17-11-15(28-3)9-10-18(17)23(19(20)12-22)31(26,27)16-7-5-4-6-8-16/h4-11,21H,12H2,1-3H3. The molecule has 31 heavy (non-hydrogen) atoms. The van der Waals surface area contributed by atoms with Gasteiger partial charge in [0.2, 0.25) is 0 Å². The summed E-state index contributed by atoms with van der Waals surface area (Å²) in [6.07, 6.45) is -1.44. The zero-order chi connectivity index (χ0) is 22.8. The molecule has 0 unspecified atom stereocenters. The predicted octanol–water partition coefficient (Wildman–Crippen LogP) is 3.91. The summed E-state index contributed by atoms with van der Waals surface area (Å²) in [6, 6.07) is 12.7. The lowest BCUT2D eigenvalue weighted by molar-refractivity contribution is -0.186. The zero-order valence-electron chi connectivity index (χ0n) is 17.0. The van der Waals surface area contributed by atoms with Crippen LogP contribution in [0.1, 0.15) is 31.4 Å². The molecule has 3 aromatic rings. The molecule has 0 saturated heterocycles. The molecule has 0 amide bonds. The molecule has 0 aliphatic carbocycles. The molecule has 164 valence electrons. The highest BCUT2D eigenvalue weighted by atomic mass is 79.9. The summed E-state index contributed by atoms with van der Waals surface area (Å²) in [6.45, 7) is 2.34. The first-order chi connectivity index (χ1) is 14.7. The molecule has 10 heteroatoms. The molecule has 0 N–H and O–H groups in total. The van der Waals surface area contributed by atoms with Crippen LogP contribution in [0.5, 0.6) is 5.75 Å². The minimum atomic E-state index is -4.03. The van der Waals surface area contributed by atoms with Crippen molar-refractivity contribution in [2.45, 2.75) is 30.4 Å². The lowest BCUT2D eigenvalue weighted by atomic mass is 10.1. The van der Waals surface area contributed by atoms with Crippen molar-refractivity contribution < 1.29 is 32.2 Å². The minimum absolute atomic E-state index is 0.0738. The van der Waals surface area contributed by atoms with Gasteiger partial charge in [-0.15, -0.1) is 0 Å². The Hall–Kier alpha value is -2.85. The molecule has 0 saturated carbocycles. The van der Waals surface area contributed by atoms with Gasteiger partial charge in [-0.1, -0.05) is 34.1 Å². The van der Waals surface area contributed by atoms with Crippen LogP contribution in [-0.4, -0.2) is 31.4 Å². The molecule has 0 aliphatic rings. The van der Waals surface area contributed by atoms with E-state index in [0.717, 1.165) is 3.97 Å². The molecule has 1 aromatic heterocycles. The number of hydrogen-bond acceptors (Lipinski definition) is 7. The summed E-state index contributed by atoms with van der Waals surface area (Å²) in [4.78, 5) is 23.5. The second-order valence-electron chi connectivity index (χ2n) is 6.51. The third-order valence-electron chi connectivity index (χ3n) is 4.46. The van der Waals surface area contributed by atoms with E-state index in [4.69, 9.17) is 14.2 Å². The Morgan fingerprint density at radius 2 is 1.65 bits per heavy atom. The number of benzene rings is 2. The topological polar surface area (TPSA) is 101 Å². The summed E-state index contributed by atoms with van der Waals surface area (Å²) in [7, 11) is -2.56. The second kappa shape index (κ2) is 9.11. The van der Waals surface area contributed by atoms with Crippen LogP contribution in [0, 0.1) is 0 Å². The zero-order valence-corrected chi connectivity index (χ0v) is 19.4. The number of carbonyl (C=O) groups is 2. The summed E-state index contributed by atoms with van der Waals surface area (Å²) >= 11 is 3.34. The Bertz CT molecular complexity index is 1220. The molecule has 0 bridgehead atoms. The van der Waals surface area contributed by atoms with E-state index >= 15 is 0 Å². The summed E-state index contributed by atoms with van der Waals surface area (Å²) in [5, 5.41) is 0.477. The van der Waals surface area contributed by atoms with E-state index < -0.39 is 28.3 Å². The SMILES string of the molecule is COc1ccc2c(c1)c(C(OC(C)=O)OC(C)=O)c(CBr)n2S(=O)(=O)c1ccccc1. The van der Waals surface area contributed by atoms with Crippen LogP contribution < -0.4 is 4.74 Å². The molecule has 3 rings (SSSR count). The quantitative estimate of drug-likeness (QED) is 0.270. The highest BCUT2D eigenvalue weighted by molar-refractivity contribution is 9.08. The van der Waals surface area contributed by atoms with E-state index in [1.54, 1.807) is 36.4 Å². The number of nitrogens with zero attached hydrogens (tertiary/aromatic N) is 1. The first-order valence-corrected chi connectivity index (χ1v) is 11.7. The van der Waals surface area contributed by atoms with Crippen LogP contribution in [-0.2, 0) is 34.4 Å². The third kappa shape index (κ3) is 4.45. The summed E-state index contributed by atoms with van der Waals surface area (Å²) in [5.41, 5.74) is 0.800. The average Bonchev–Trinajstić information content (AvgIpc) is 3.07. The smallest absolute Gasteiger partial charge is 0.305 e. The number of fused-ring (bicyclic) bond motifs is 1. The van der Waals surface area contributed by atoms with Crippen LogP contribution in [0.4, 0.5) is 0 Å². The lowest BCUT2D eigenvalue weighted by Crippen LogP contribution is -2.19. The van der Waals surface area contributed by atoms with Gasteiger partial charge in [-0.05, 0) is 30.3 Å². The van der Waals surface area contributed by atoms with Gasteiger partial charge < -0.3 is 14.2 Å². The van der Waals surface area contributed by atoms with Crippen molar-refractivity contribution in [3.63, 3.8) is 0 Å². The van der Waals surface area contributed by atoms with Gasteiger partial charge >= 0.3 is 11.9 Å². The van der Waals surface area contributed by atoms with Crippen molar-refractivity contribution in [2.75, 3.05) is 7.11 Å². The Labute approximate surface area is 187 Å². The fraction of sp³-hybridized carbons (Fsp3) is 0.238. The number of alkyl halides is 1. The molecule has 0 aliphatic heterocycles. The van der Waals surface area contributed by atoms with Crippen molar-refractivity contribution in [3.8, 4) is 5.75 Å². The molecule has 0 spiro atoms. The van der Waals surface area contributed by atoms with Gasteiger partial charge in [-0.25, -0.2) is 12.4 Å². The maximum Gasteiger partial charge on any atom is 0.305 e. The van der Waals surface area contributed by atoms with Crippen molar-refractivity contribution in [2.24, 2.45) is 0 Å². The third-order valence-corrected chi connectivity index (χ3v) is 6.76. The molecule has 1 heterocycles. The summed E-state index contributed by atoms with van der Waals surface area (Å²) in [5.74, 6) is -0.934. The van der Waals surface area contributed by atoms with Crippen LogP contribution in [0.15, 0.2) is 53.4 Å². The van der Waals surface area contributed by atoms with E-state index in [-0.39, 0.29) is 21.5 Å². The van der Waals surface area contributed by atoms with Crippen LogP contribution in [0.2, 0.25) is 0 Å². The highest BCUT2D eigenvalue weighted by Crippen LogP contribution is 2.39. The maximum atomic E-state index is 13.6. The van der Waals surface area contributed by atoms with E-state index in [1.165, 1.54) is 33.1 Å². The number of methoxy groups -OCH3 is 1. The van der Waals surface area contributed by atoms with Gasteiger partial charge in [0.1, 0.15) is 5.75 Å². The predicted molar refractivity (Wildman–Crippen MR) is 116 cm³/mol. The van der Waals surface area contributed by atoms with Crippen molar-refractivity contribution in [1.82, 2.24) is 3.97 Å². The molecule has 2 aromatic carbocycles. The highest BCUT2D eigenvalue weighted by Gasteiger charge is 2.33. The number of hydrogen-bond donors (Lipinski definition) is 0. The van der Waals surface area contributed by atoms with Crippen molar-refractivity contribution >= 4 is 48.8 Å². The Kier molecular flexibility index (Phi) is 6.71. The second-order valence-corrected chi connectivity index (χ2v) is 8.86.